The van der Waals surface area contributed by atoms with Gasteiger partial charge in [0, 0.05) is 35.8 Å². The second-order valence-corrected chi connectivity index (χ2v) is 9.53. The Morgan fingerprint density at radius 3 is 3.00 bits per heavy atom. The zero-order chi connectivity index (χ0) is 19.1. The molecule has 1 aliphatic heterocycles. The van der Waals surface area contributed by atoms with Crippen LogP contribution in [0.1, 0.15) is 30.2 Å². The summed E-state index contributed by atoms with van der Waals surface area (Å²) in [5.41, 5.74) is 2.53. The lowest BCUT2D eigenvalue weighted by Gasteiger charge is -2.24. The molecule has 1 saturated heterocycles. The van der Waals surface area contributed by atoms with Crippen molar-refractivity contribution >= 4 is 27.4 Å². The van der Waals surface area contributed by atoms with Crippen LogP contribution in [0.4, 0.5) is 5.82 Å². The maximum absolute atomic E-state index is 5.13. The highest BCUT2D eigenvalue weighted by Crippen LogP contribution is 2.41. The number of likely N-dealkylation sites (N-methyl/N-ethyl adjacent to an activating group) is 1. The first-order valence-electron chi connectivity index (χ1n) is 10.5. The maximum atomic E-state index is 5.13. The zero-order valence-electron chi connectivity index (χ0n) is 16.7. The third-order valence-corrected chi connectivity index (χ3v) is 7.34. The summed E-state index contributed by atoms with van der Waals surface area (Å²) < 4.78 is 0. The molecule has 2 atom stereocenters. The van der Waals surface area contributed by atoms with Crippen LogP contribution >= 0.6 is 11.3 Å². The number of nitrogens with zero attached hydrogens (tertiary/aromatic N) is 4. The van der Waals surface area contributed by atoms with Gasteiger partial charge in [0.25, 0.3) is 0 Å². The Balaban J connectivity index is 1.68. The van der Waals surface area contributed by atoms with Crippen LogP contribution in [0, 0.1) is 5.92 Å². The second-order valence-electron chi connectivity index (χ2n) is 8.44. The fourth-order valence-electron chi connectivity index (χ4n) is 4.52. The Labute approximate surface area is 170 Å². The van der Waals surface area contributed by atoms with E-state index in [1.807, 2.05) is 29.8 Å². The predicted molar refractivity (Wildman–Crippen MR) is 115 cm³/mol. The molecule has 1 fully saturated rings. The lowest BCUT2D eigenvalue weighted by Crippen LogP contribution is -3.09. The highest BCUT2D eigenvalue weighted by molar-refractivity contribution is 7.19. The van der Waals surface area contributed by atoms with Crippen LogP contribution in [0.2, 0.25) is 0 Å². The molecule has 3 aromatic rings. The summed E-state index contributed by atoms with van der Waals surface area (Å²) in [5, 5.41) is 1.33. The first kappa shape index (κ1) is 18.0. The number of pyridine rings is 1. The van der Waals surface area contributed by atoms with Crippen molar-refractivity contribution in [1.82, 2.24) is 15.0 Å². The highest BCUT2D eigenvalue weighted by Gasteiger charge is 2.27. The monoisotopic (exact) mass is 394 g/mol. The molecule has 0 aromatic carbocycles. The van der Waals surface area contributed by atoms with Crippen molar-refractivity contribution in [1.29, 1.82) is 0 Å². The summed E-state index contributed by atoms with van der Waals surface area (Å²) in [6, 6.07) is 4.03. The Bertz CT molecular complexity index is 984. The summed E-state index contributed by atoms with van der Waals surface area (Å²) in [5.74, 6) is 2.74. The number of hydrogen-bond acceptors (Lipinski definition) is 5. The molecule has 0 amide bonds. The van der Waals surface area contributed by atoms with Crippen molar-refractivity contribution in [2.45, 2.75) is 32.6 Å². The van der Waals surface area contributed by atoms with E-state index in [9.17, 15) is 0 Å². The largest absolute Gasteiger partial charge is 0.350 e. The van der Waals surface area contributed by atoms with Crippen molar-refractivity contribution in [2.75, 3.05) is 38.1 Å². The van der Waals surface area contributed by atoms with E-state index in [0.29, 0.717) is 0 Å². The van der Waals surface area contributed by atoms with Crippen LogP contribution < -0.4 is 9.80 Å². The number of quaternary nitrogens is 1. The molecule has 1 unspecified atom stereocenters. The first-order chi connectivity index (χ1) is 13.7. The smallest absolute Gasteiger partial charge is 0.164 e. The lowest BCUT2D eigenvalue weighted by atomic mass is 9.89. The van der Waals surface area contributed by atoms with Gasteiger partial charge in [0.05, 0.1) is 32.1 Å². The molecule has 6 heteroatoms. The minimum atomic E-state index is 0.769. The predicted octanol–water partition coefficient (Wildman–Crippen LogP) is 2.60. The Morgan fingerprint density at radius 2 is 2.14 bits per heavy atom. The molecule has 0 radical (unpaired) electrons. The molecule has 1 aliphatic carbocycles. The first-order valence-corrected chi connectivity index (χ1v) is 11.3. The summed E-state index contributed by atoms with van der Waals surface area (Å²) in [6.45, 7) is 6.91. The van der Waals surface area contributed by atoms with Gasteiger partial charge in [-0.25, -0.2) is 9.97 Å². The molecule has 0 saturated carbocycles. The number of fused-ring (bicyclic) bond motifs is 3. The molecule has 146 valence electrons. The molecular weight excluding hydrogens is 366 g/mol. The molecule has 5 rings (SSSR count). The van der Waals surface area contributed by atoms with Crippen molar-refractivity contribution in [3.05, 3.63) is 35.0 Å². The minimum Gasteiger partial charge on any atom is -0.350 e. The van der Waals surface area contributed by atoms with Gasteiger partial charge in [0.2, 0.25) is 0 Å². The second kappa shape index (κ2) is 7.41. The third-order valence-electron chi connectivity index (χ3n) is 6.20. The van der Waals surface area contributed by atoms with Gasteiger partial charge in [-0.05, 0) is 42.9 Å². The van der Waals surface area contributed by atoms with E-state index in [1.54, 1.807) is 4.90 Å². The molecule has 3 aromatic heterocycles. The van der Waals surface area contributed by atoms with Gasteiger partial charge in [-0.2, -0.15) is 0 Å². The number of rotatable bonds is 2. The molecule has 5 nitrogen and oxygen atoms in total. The fraction of sp³-hybridized carbons (Fsp3) is 0.500. The average molecular weight is 395 g/mol. The number of aryl methyl sites for hydroxylation is 1. The maximum Gasteiger partial charge on any atom is 0.164 e. The van der Waals surface area contributed by atoms with E-state index in [0.717, 1.165) is 54.0 Å². The van der Waals surface area contributed by atoms with Gasteiger partial charge in [-0.1, -0.05) is 6.92 Å². The van der Waals surface area contributed by atoms with E-state index in [1.165, 1.54) is 41.6 Å². The SMILES string of the molecule is C[C@@H]1CCc2c(sc3nc(-c4cccnc4)nc(N4CCC[NH+](C)CC4)c23)C1. The van der Waals surface area contributed by atoms with Crippen molar-refractivity contribution in [3.8, 4) is 11.4 Å². The van der Waals surface area contributed by atoms with Gasteiger partial charge in [-0.3, -0.25) is 4.98 Å². The van der Waals surface area contributed by atoms with Crippen molar-refractivity contribution < 1.29 is 4.90 Å². The third kappa shape index (κ3) is 3.29. The molecule has 0 spiro atoms. The van der Waals surface area contributed by atoms with Crippen LogP contribution in [-0.4, -0.2) is 48.2 Å². The van der Waals surface area contributed by atoms with Crippen LogP contribution in [0.3, 0.4) is 0 Å². The van der Waals surface area contributed by atoms with Crippen LogP contribution in [0.25, 0.3) is 21.6 Å². The fourth-order valence-corrected chi connectivity index (χ4v) is 5.90. The summed E-state index contributed by atoms with van der Waals surface area (Å²) in [6.07, 6.45) is 8.52. The highest BCUT2D eigenvalue weighted by atomic mass is 32.1. The van der Waals surface area contributed by atoms with Crippen molar-refractivity contribution in [3.63, 3.8) is 0 Å². The Kier molecular flexibility index (Phi) is 4.77. The number of thiophene rings is 1. The van der Waals surface area contributed by atoms with Gasteiger partial charge in [-0.15, -0.1) is 11.3 Å². The summed E-state index contributed by atoms with van der Waals surface area (Å²) >= 11 is 1.89. The van der Waals surface area contributed by atoms with E-state index < -0.39 is 0 Å². The number of aromatic nitrogens is 3. The Morgan fingerprint density at radius 1 is 1.21 bits per heavy atom. The number of hydrogen-bond donors (Lipinski definition) is 1. The lowest BCUT2D eigenvalue weighted by molar-refractivity contribution is -0.876. The number of nitrogens with one attached hydrogen (secondary N) is 1. The van der Waals surface area contributed by atoms with Gasteiger partial charge >= 0.3 is 0 Å². The quantitative estimate of drug-likeness (QED) is 0.726. The van der Waals surface area contributed by atoms with Gasteiger partial charge in [0.1, 0.15) is 10.6 Å². The normalized spacial score (nSPS) is 22.9. The minimum absolute atomic E-state index is 0.769. The average Bonchev–Trinajstić information content (AvgIpc) is 2.93. The molecule has 1 N–H and O–H groups in total. The number of anilines is 1. The molecule has 28 heavy (non-hydrogen) atoms. The van der Waals surface area contributed by atoms with E-state index in [2.05, 4.69) is 29.9 Å². The molecule has 4 heterocycles. The van der Waals surface area contributed by atoms with Crippen LogP contribution in [-0.2, 0) is 12.8 Å². The van der Waals surface area contributed by atoms with E-state index in [4.69, 9.17) is 9.97 Å². The molecular formula is C22H28N5S+. The molecule has 2 aliphatic rings. The molecule has 0 bridgehead atoms. The van der Waals surface area contributed by atoms with Crippen LogP contribution in [0.5, 0.6) is 0 Å². The van der Waals surface area contributed by atoms with Crippen LogP contribution in [0.15, 0.2) is 24.5 Å². The standard InChI is InChI=1S/C22H27N5S/c1-15-6-7-17-18(13-15)28-22-19(17)21(27-10-4-9-26(2)11-12-27)24-20(25-22)16-5-3-8-23-14-16/h3,5,8,14-15H,4,6-7,9-13H2,1-2H3/p+1/t15-/m1/s1. The van der Waals surface area contributed by atoms with E-state index >= 15 is 0 Å². The van der Waals surface area contributed by atoms with E-state index in [-0.39, 0.29) is 0 Å². The van der Waals surface area contributed by atoms with Gasteiger partial charge in [0.15, 0.2) is 5.82 Å². The Hall–Kier alpha value is -2.05. The topological polar surface area (TPSA) is 46.4 Å². The zero-order valence-corrected chi connectivity index (χ0v) is 17.6. The van der Waals surface area contributed by atoms with Gasteiger partial charge < -0.3 is 9.80 Å². The van der Waals surface area contributed by atoms with Crippen molar-refractivity contribution in [2.24, 2.45) is 5.92 Å². The summed E-state index contributed by atoms with van der Waals surface area (Å²) in [4.78, 5) is 21.3. The summed E-state index contributed by atoms with van der Waals surface area (Å²) in [7, 11) is 2.30.